The lowest BCUT2D eigenvalue weighted by Gasteiger charge is -2.35. The third kappa shape index (κ3) is 3.42. The maximum Gasteiger partial charge on any atom is 0.286 e. The molecule has 0 aliphatic carbocycles. The highest BCUT2D eigenvalue weighted by Gasteiger charge is 2.37. The molecular formula is C25H21N3O3. The lowest BCUT2D eigenvalue weighted by atomic mass is 9.93. The van der Waals surface area contributed by atoms with Gasteiger partial charge in [-0.3, -0.25) is 15.0 Å². The molecule has 6 nitrogen and oxygen atoms in total. The van der Waals surface area contributed by atoms with E-state index in [0.29, 0.717) is 18.1 Å². The monoisotopic (exact) mass is 411 g/mol. The Morgan fingerprint density at radius 3 is 2.42 bits per heavy atom. The summed E-state index contributed by atoms with van der Waals surface area (Å²) < 4.78 is 6.01. The summed E-state index contributed by atoms with van der Waals surface area (Å²) in [5, 5.41) is 2.25. The van der Waals surface area contributed by atoms with Gasteiger partial charge in [0.15, 0.2) is 0 Å². The van der Waals surface area contributed by atoms with Crippen molar-refractivity contribution in [3.8, 4) is 5.75 Å². The Kier molecular flexibility index (Phi) is 4.67. The number of nitrogens with one attached hydrogen (secondary N) is 2. The van der Waals surface area contributed by atoms with Crippen LogP contribution in [0.3, 0.4) is 0 Å². The van der Waals surface area contributed by atoms with Crippen molar-refractivity contribution in [2.45, 2.75) is 19.6 Å². The van der Waals surface area contributed by atoms with E-state index in [1.54, 1.807) is 0 Å². The molecule has 1 unspecified atom stereocenters. The van der Waals surface area contributed by atoms with Gasteiger partial charge < -0.3 is 9.72 Å². The molecule has 6 heteroatoms. The summed E-state index contributed by atoms with van der Waals surface area (Å²) in [6.45, 7) is 1.89. The van der Waals surface area contributed by atoms with Crippen molar-refractivity contribution in [2.75, 3.05) is 0 Å². The molecule has 2 amide bonds. The number of H-pyrrole nitrogens is 1. The number of nitrogens with zero attached hydrogens (tertiary/aromatic N) is 1. The van der Waals surface area contributed by atoms with E-state index in [9.17, 15) is 9.59 Å². The van der Waals surface area contributed by atoms with Gasteiger partial charge in [0.25, 0.3) is 5.91 Å². The number of hydrazine groups is 1. The fourth-order valence-corrected chi connectivity index (χ4v) is 4.06. The van der Waals surface area contributed by atoms with E-state index in [4.69, 9.17) is 4.74 Å². The minimum Gasteiger partial charge on any atom is -0.489 e. The summed E-state index contributed by atoms with van der Waals surface area (Å²) >= 11 is 0. The van der Waals surface area contributed by atoms with Crippen molar-refractivity contribution in [3.05, 3.63) is 101 Å². The van der Waals surface area contributed by atoms with Gasteiger partial charge in [-0.15, -0.1) is 0 Å². The standard InChI is InChI=1S/C25H21N3O3/c1-16(29)28-24(18-10-6-3-7-11-18)22-20-14-19(31-15-17-8-4-2-5-9-17)12-13-21(20)26-23(22)25(30)27-28/h2-14,24,26H,15H2,1H3,(H,27,30). The van der Waals surface area contributed by atoms with Crippen LogP contribution < -0.4 is 10.2 Å². The number of ether oxygens (including phenoxy) is 1. The highest BCUT2D eigenvalue weighted by Crippen LogP contribution is 2.39. The third-order valence-corrected chi connectivity index (χ3v) is 5.49. The number of rotatable bonds is 4. The molecule has 0 bridgehead atoms. The molecule has 5 rings (SSSR count). The summed E-state index contributed by atoms with van der Waals surface area (Å²) in [5.74, 6) is 0.129. The van der Waals surface area contributed by atoms with Crippen LogP contribution in [0.2, 0.25) is 0 Å². The number of carbonyl (C=O) groups is 2. The number of carbonyl (C=O) groups excluding carboxylic acids is 2. The Morgan fingerprint density at radius 2 is 1.71 bits per heavy atom. The Labute approximate surface area is 179 Å². The Bertz CT molecular complexity index is 1270. The number of aromatic amines is 1. The van der Waals surface area contributed by atoms with Crippen molar-refractivity contribution in [3.63, 3.8) is 0 Å². The predicted octanol–water partition coefficient (Wildman–Crippen LogP) is 4.34. The molecule has 2 N–H and O–H groups in total. The minimum atomic E-state index is -0.440. The van der Waals surface area contributed by atoms with Crippen LogP contribution in [-0.4, -0.2) is 21.8 Å². The SMILES string of the molecule is CC(=O)N1NC(=O)c2[nH]c3ccc(OCc4ccccc4)cc3c2C1c1ccccc1. The fraction of sp³-hybridized carbons (Fsp3) is 0.120. The maximum absolute atomic E-state index is 12.8. The van der Waals surface area contributed by atoms with Crippen LogP contribution in [-0.2, 0) is 11.4 Å². The predicted molar refractivity (Wildman–Crippen MR) is 117 cm³/mol. The van der Waals surface area contributed by atoms with E-state index < -0.39 is 6.04 Å². The van der Waals surface area contributed by atoms with Crippen LogP contribution in [0.25, 0.3) is 10.9 Å². The molecule has 0 saturated carbocycles. The molecule has 31 heavy (non-hydrogen) atoms. The smallest absolute Gasteiger partial charge is 0.286 e. The van der Waals surface area contributed by atoms with Crippen LogP contribution in [0, 0.1) is 0 Å². The average Bonchev–Trinajstić information content (AvgIpc) is 3.18. The summed E-state index contributed by atoms with van der Waals surface area (Å²) in [4.78, 5) is 28.4. The second-order valence-electron chi connectivity index (χ2n) is 7.54. The van der Waals surface area contributed by atoms with Gasteiger partial charge in [-0.2, -0.15) is 0 Å². The molecule has 4 aromatic rings. The minimum absolute atomic E-state index is 0.237. The molecule has 1 aliphatic heterocycles. The lowest BCUT2D eigenvalue weighted by Crippen LogP contribution is -2.51. The van der Waals surface area contributed by atoms with Crippen LogP contribution >= 0.6 is 0 Å². The molecule has 0 fully saturated rings. The van der Waals surface area contributed by atoms with Gasteiger partial charge in [0.05, 0.1) is 0 Å². The molecule has 0 radical (unpaired) electrons. The van der Waals surface area contributed by atoms with E-state index in [2.05, 4.69) is 10.4 Å². The zero-order chi connectivity index (χ0) is 21.4. The van der Waals surface area contributed by atoms with Crippen LogP contribution in [0.15, 0.2) is 78.9 Å². The van der Waals surface area contributed by atoms with Crippen molar-refractivity contribution >= 4 is 22.7 Å². The van der Waals surface area contributed by atoms with Gasteiger partial charge in [0, 0.05) is 23.4 Å². The van der Waals surface area contributed by atoms with Gasteiger partial charge in [-0.25, -0.2) is 5.01 Å². The van der Waals surface area contributed by atoms with Gasteiger partial charge in [0.1, 0.15) is 24.1 Å². The highest BCUT2D eigenvalue weighted by molar-refractivity contribution is 6.04. The Hall–Kier alpha value is -4.06. The number of hydrogen-bond donors (Lipinski definition) is 2. The van der Waals surface area contributed by atoms with Crippen LogP contribution in [0.4, 0.5) is 0 Å². The molecule has 154 valence electrons. The van der Waals surface area contributed by atoms with Crippen molar-refractivity contribution in [2.24, 2.45) is 0 Å². The third-order valence-electron chi connectivity index (χ3n) is 5.49. The molecule has 1 aromatic heterocycles. The largest absolute Gasteiger partial charge is 0.489 e. The number of hydrogen-bond acceptors (Lipinski definition) is 3. The molecule has 3 aromatic carbocycles. The normalized spacial score (nSPS) is 15.5. The number of amides is 2. The first kappa shape index (κ1) is 18.9. The number of aromatic nitrogens is 1. The van der Waals surface area contributed by atoms with Crippen LogP contribution in [0.5, 0.6) is 5.75 Å². The van der Waals surface area contributed by atoms with Crippen molar-refractivity contribution in [1.82, 2.24) is 15.4 Å². The van der Waals surface area contributed by atoms with E-state index in [-0.39, 0.29) is 11.8 Å². The first-order chi connectivity index (χ1) is 15.1. The number of fused-ring (bicyclic) bond motifs is 3. The van der Waals surface area contributed by atoms with E-state index in [0.717, 1.165) is 27.6 Å². The average molecular weight is 411 g/mol. The van der Waals surface area contributed by atoms with Gasteiger partial charge >= 0.3 is 0 Å². The summed E-state index contributed by atoms with van der Waals surface area (Å²) in [5.41, 5.74) is 6.76. The quantitative estimate of drug-likeness (QED) is 0.525. The topological polar surface area (TPSA) is 74.4 Å². The van der Waals surface area contributed by atoms with Crippen molar-refractivity contribution < 1.29 is 14.3 Å². The summed E-state index contributed by atoms with van der Waals surface area (Å²) in [7, 11) is 0. The Balaban J connectivity index is 1.61. The zero-order valence-electron chi connectivity index (χ0n) is 17.0. The molecule has 1 aliphatic rings. The lowest BCUT2D eigenvalue weighted by molar-refractivity contribution is -0.133. The van der Waals surface area contributed by atoms with Gasteiger partial charge in [-0.05, 0) is 29.3 Å². The second-order valence-corrected chi connectivity index (χ2v) is 7.54. The van der Waals surface area contributed by atoms with Gasteiger partial charge in [-0.1, -0.05) is 60.7 Å². The van der Waals surface area contributed by atoms with E-state index in [1.807, 2.05) is 78.9 Å². The maximum atomic E-state index is 12.8. The molecular weight excluding hydrogens is 390 g/mol. The molecule has 0 saturated heterocycles. The molecule has 2 heterocycles. The van der Waals surface area contributed by atoms with E-state index >= 15 is 0 Å². The second kappa shape index (κ2) is 7.65. The first-order valence-corrected chi connectivity index (χ1v) is 10.1. The number of benzene rings is 3. The Morgan fingerprint density at radius 1 is 1.00 bits per heavy atom. The van der Waals surface area contributed by atoms with E-state index in [1.165, 1.54) is 11.9 Å². The van der Waals surface area contributed by atoms with Crippen LogP contribution in [0.1, 0.15) is 40.1 Å². The zero-order valence-corrected chi connectivity index (χ0v) is 17.0. The summed E-state index contributed by atoms with van der Waals surface area (Å²) in [6, 6.07) is 24.9. The van der Waals surface area contributed by atoms with Gasteiger partial charge in [0.2, 0.25) is 5.91 Å². The summed E-state index contributed by atoms with van der Waals surface area (Å²) in [6.07, 6.45) is 0. The molecule has 0 spiro atoms. The molecule has 1 atom stereocenters. The highest BCUT2D eigenvalue weighted by atomic mass is 16.5. The van der Waals surface area contributed by atoms with Crippen molar-refractivity contribution in [1.29, 1.82) is 0 Å². The fourth-order valence-electron chi connectivity index (χ4n) is 4.06. The first-order valence-electron chi connectivity index (χ1n) is 10.1.